The number of aryl methyl sites for hydroxylation is 2. The van der Waals surface area contributed by atoms with E-state index in [1.807, 2.05) is 6.92 Å². The van der Waals surface area contributed by atoms with Gasteiger partial charge in [-0.2, -0.15) is 0 Å². The van der Waals surface area contributed by atoms with Crippen molar-refractivity contribution < 1.29 is 8.78 Å². The summed E-state index contributed by atoms with van der Waals surface area (Å²) in [7, 11) is 0. The molecule has 0 heterocycles. The molecule has 0 bridgehead atoms. The molecule has 2 atom stereocenters. The van der Waals surface area contributed by atoms with Crippen LogP contribution in [0.15, 0.2) is 36.4 Å². The van der Waals surface area contributed by atoms with E-state index >= 15 is 0 Å². The molecule has 0 aromatic heterocycles. The van der Waals surface area contributed by atoms with Crippen LogP contribution < -0.4 is 0 Å². The summed E-state index contributed by atoms with van der Waals surface area (Å²) in [4.78, 5) is 0. The van der Waals surface area contributed by atoms with Gasteiger partial charge in [0, 0.05) is 12.3 Å². The van der Waals surface area contributed by atoms with Gasteiger partial charge in [0.1, 0.15) is 0 Å². The van der Waals surface area contributed by atoms with E-state index in [1.54, 1.807) is 0 Å². The average Bonchev–Trinajstić information content (AvgIpc) is 2.78. The van der Waals surface area contributed by atoms with Crippen LogP contribution in [0.4, 0.5) is 8.78 Å². The highest BCUT2D eigenvalue weighted by Crippen LogP contribution is 2.44. The molecular weight excluding hydrogens is 386 g/mol. The second-order valence-corrected chi connectivity index (χ2v) is 10.4. The molecule has 2 saturated carbocycles. The maximum atomic E-state index is 14.4. The molecule has 0 spiro atoms. The van der Waals surface area contributed by atoms with E-state index in [2.05, 4.69) is 43.3 Å². The molecule has 0 aliphatic heterocycles. The molecule has 2 unspecified atom stereocenters. The zero-order valence-corrected chi connectivity index (χ0v) is 19.9. The van der Waals surface area contributed by atoms with Crippen molar-refractivity contribution in [2.24, 2.45) is 23.7 Å². The van der Waals surface area contributed by atoms with Crippen LogP contribution in [-0.4, -0.2) is 5.92 Å². The highest BCUT2D eigenvalue weighted by atomic mass is 19.3. The smallest absolute Gasteiger partial charge is 0.207 e. The Balaban J connectivity index is 1.36. The van der Waals surface area contributed by atoms with Gasteiger partial charge < -0.3 is 0 Å². The van der Waals surface area contributed by atoms with Gasteiger partial charge >= 0.3 is 0 Å². The minimum Gasteiger partial charge on any atom is -0.207 e. The van der Waals surface area contributed by atoms with Crippen molar-refractivity contribution in [3.05, 3.63) is 47.5 Å². The molecular formula is C29H44F2. The summed E-state index contributed by atoms with van der Waals surface area (Å²) in [5.74, 6) is -1.32. The summed E-state index contributed by atoms with van der Waals surface area (Å²) in [6, 6.07) is 9.27. The molecule has 2 fully saturated rings. The van der Waals surface area contributed by atoms with Crippen LogP contribution in [0.25, 0.3) is 0 Å². The largest absolute Gasteiger partial charge is 0.251 e. The molecule has 31 heavy (non-hydrogen) atoms. The van der Waals surface area contributed by atoms with Crippen molar-refractivity contribution in [3.63, 3.8) is 0 Å². The number of allylic oxidation sites excluding steroid dienone is 2. The van der Waals surface area contributed by atoms with E-state index in [0.717, 1.165) is 18.8 Å². The Hall–Kier alpha value is -1.18. The van der Waals surface area contributed by atoms with E-state index in [1.165, 1.54) is 68.9 Å². The number of hydrogen-bond acceptors (Lipinski definition) is 0. The first-order valence-corrected chi connectivity index (χ1v) is 13.1. The average molecular weight is 431 g/mol. The molecule has 2 aliphatic carbocycles. The van der Waals surface area contributed by atoms with Gasteiger partial charge in [0.25, 0.3) is 5.92 Å². The maximum absolute atomic E-state index is 14.4. The Morgan fingerprint density at radius 2 is 1.39 bits per heavy atom. The lowest BCUT2D eigenvalue weighted by molar-refractivity contribution is -0.0986. The van der Waals surface area contributed by atoms with Crippen LogP contribution in [0.1, 0.15) is 102 Å². The molecule has 0 nitrogen and oxygen atoms in total. The molecule has 174 valence electrons. The predicted molar refractivity (Wildman–Crippen MR) is 129 cm³/mol. The second kappa shape index (κ2) is 12.2. The highest BCUT2D eigenvalue weighted by molar-refractivity contribution is 5.22. The van der Waals surface area contributed by atoms with Crippen molar-refractivity contribution in [1.82, 2.24) is 0 Å². The van der Waals surface area contributed by atoms with Gasteiger partial charge in [-0.25, -0.2) is 8.78 Å². The highest BCUT2D eigenvalue weighted by Gasteiger charge is 2.43. The normalized spacial score (nSPS) is 28.8. The van der Waals surface area contributed by atoms with Crippen molar-refractivity contribution in [2.75, 3.05) is 0 Å². The van der Waals surface area contributed by atoms with E-state index in [0.29, 0.717) is 18.8 Å². The molecule has 1 aromatic rings. The standard InChI is InChI=1S/C29H44F2/c1-3-5-7-23-8-10-24(11-9-23)12-13-25-14-16-26(17-15-25)18-19-27-20-21-28(6-4-2)29(30,31)22-27/h8-11,18-19,25-28H,3-7,12-17,20-22H2,1-2H3/b19-18+. The van der Waals surface area contributed by atoms with Gasteiger partial charge in [-0.05, 0) is 99.5 Å². The first-order valence-electron chi connectivity index (χ1n) is 13.1. The van der Waals surface area contributed by atoms with Crippen LogP contribution in [0.5, 0.6) is 0 Å². The van der Waals surface area contributed by atoms with E-state index in [4.69, 9.17) is 0 Å². The van der Waals surface area contributed by atoms with Crippen molar-refractivity contribution >= 4 is 0 Å². The third-order valence-corrected chi connectivity index (χ3v) is 7.88. The number of rotatable bonds is 10. The van der Waals surface area contributed by atoms with Crippen LogP contribution in [0.3, 0.4) is 0 Å². The molecule has 0 amide bonds. The summed E-state index contributed by atoms with van der Waals surface area (Å²) < 4.78 is 28.8. The third-order valence-electron chi connectivity index (χ3n) is 7.88. The van der Waals surface area contributed by atoms with Crippen LogP contribution in [-0.2, 0) is 12.8 Å². The summed E-state index contributed by atoms with van der Waals surface area (Å²) in [6.07, 6.45) is 19.0. The molecule has 2 aliphatic rings. The number of unbranched alkanes of at least 4 members (excludes halogenated alkanes) is 1. The Bertz CT molecular complexity index is 652. The van der Waals surface area contributed by atoms with Crippen molar-refractivity contribution in [1.29, 1.82) is 0 Å². The fourth-order valence-corrected chi connectivity index (χ4v) is 5.72. The van der Waals surface area contributed by atoms with E-state index in [-0.39, 0.29) is 18.3 Å². The van der Waals surface area contributed by atoms with Gasteiger partial charge in [0.2, 0.25) is 0 Å². The van der Waals surface area contributed by atoms with Gasteiger partial charge in [-0.1, -0.05) is 63.1 Å². The molecule has 3 rings (SSSR count). The number of halogens is 2. The first-order chi connectivity index (χ1) is 15.0. The fourth-order valence-electron chi connectivity index (χ4n) is 5.72. The van der Waals surface area contributed by atoms with Gasteiger partial charge in [-0.3, -0.25) is 0 Å². The van der Waals surface area contributed by atoms with E-state index < -0.39 is 5.92 Å². The summed E-state index contributed by atoms with van der Waals surface area (Å²) in [5.41, 5.74) is 2.94. The zero-order chi connectivity index (χ0) is 22.1. The Morgan fingerprint density at radius 1 is 0.774 bits per heavy atom. The van der Waals surface area contributed by atoms with Crippen molar-refractivity contribution in [3.8, 4) is 0 Å². The van der Waals surface area contributed by atoms with E-state index in [9.17, 15) is 8.78 Å². The monoisotopic (exact) mass is 430 g/mol. The molecule has 0 N–H and O–H groups in total. The fraction of sp³-hybridized carbons (Fsp3) is 0.724. The predicted octanol–water partition coefficient (Wildman–Crippen LogP) is 9.18. The topological polar surface area (TPSA) is 0 Å². The molecule has 0 saturated heterocycles. The van der Waals surface area contributed by atoms with Crippen LogP contribution in [0, 0.1) is 23.7 Å². The lowest BCUT2D eigenvalue weighted by atomic mass is 9.75. The molecule has 1 aromatic carbocycles. The minimum atomic E-state index is -2.46. The Morgan fingerprint density at radius 3 is 2.00 bits per heavy atom. The molecule has 0 radical (unpaired) electrons. The van der Waals surface area contributed by atoms with Crippen LogP contribution >= 0.6 is 0 Å². The SMILES string of the molecule is CCCCc1ccc(CCC2CCC(/C=C/C3CCC(CCC)C(F)(F)C3)CC2)cc1. The Kier molecular flexibility index (Phi) is 9.60. The minimum absolute atomic E-state index is 0.0702. The van der Waals surface area contributed by atoms with Crippen LogP contribution in [0.2, 0.25) is 0 Å². The summed E-state index contributed by atoms with van der Waals surface area (Å²) >= 11 is 0. The number of benzene rings is 1. The second-order valence-electron chi connectivity index (χ2n) is 10.4. The van der Waals surface area contributed by atoms with Gasteiger partial charge in [0.15, 0.2) is 0 Å². The zero-order valence-electron chi connectivity index (χ0n) is 19.9. The first kappa shape index (κ1) is 24.5. The lowest BCUT2D eigenvalue weighted by Crippen LogP contribution is -2.35. The van der Waals surface area contributed by atoms with Gasteiger partial charge in [0.05, 0.1) is 0 Å². The lowest BCUT2D eigenvalue weighted by Gasteiger charge is -2.35. The maximum Gasteiger partial charge on any atom is 0.251 e. The third kappa shape index (κ3) is 7.72. The number of hydrogen-bond donors (Lipinski definition) is 0. The number of alkyl halides is 2. The molecule has 2 heteroatoms. The van der Waals surface area contributed by atoms with Crippen molar-refractivity contribution in [2.45, 2.75) is 110 Å². The summed E-state index contributed by atoms with van der Waals surface area (Å²) in [6.45, 7) is 4.26. The van der Waals surface area contributed by atoms with Gasteiger partial charge in [-0.15, -0.1) is 0 Å². The quantitative estimate of drug-likeness (QED) is 0.325. The Labute approximate surface area is 189 Å². The summed E-state index contributed by atoms with van der Waals surface area (Å²) in [5, 5.41) is 0.